The van der Waals surface area contributed by atoms with E-state index in [1.54, 1.807) is 0 Å². The lowest BCUT2D eigenvalue weighted by Crippen LogP contribution is -2.50. The van der Waals surface area contributed by atoms with E-state index in [1.807, 2.05) is 6.92 Å². The number of amides is 2. The van der Waals surface area contributed by atoms with Crippen molar-refractivity contribution in [2.24, 2.45) is 11.8 Å². The highest BCUT2D eigenvalue weighted by Gasteiger charge is 2.54. The van der Waals surface area contributed by atoms with Gasteiger partial charge in [0.1, 0.15) is 0 Å². The highest BCUT2D eigenvalue weighted by atomic mass is 16.5. The Morgan fingerprint density at radius 1 is 1.23 bits per heavy atom. The van der Waals surface area contributed by atoms with Gasteiger partial charge in [-0.1, -0.05) is 30.3 Å². The Morgan fingerprint density at radius 3 is 2.65 bits per heavy atom. The molecule has 4 fully saturated rings. The Morgan fingerprint density at radius 2 is 2.00 bits per heavy atom. The van der Waals surface area contributed by atoms with Gasteiger partial charge in [-0.05, 0) is 38.2 Å². The molecule has 3 heterocycles. The molecule has 2 amide bonds. The van der Waals surface area contributed by atoms with Gasteiger partial charge in [-0.3, -0.25) is 4.90 Å². The number of benzene rings is 1. The molecule has 1 aliphatic carbocycles. The van der Waals surface area contributed by atoms with Gasteiger partial charge in [-0.15, -0.1) is 0 Å². The fraction of sp³-hybridized carbons (Fsp3) is 0.667. The number of nitrogens with zero attached hydrogens (tertiary/aromatic N) is 2. The average molecular weight is 357 g/mol. The first-order valence-corrected chi connectivity index (χ1v) is 10.0. The maximum absolute atomic E-state index is 12.6. The predicted octanol–water partition coefficient (Wildman–Crippen LogP) is 2.72. The molecular formula is C21H31N3O2. The van der Waals surface area contributed by atoms with E-state index in [9.17, 15) is 4.79 Å². The van der Waals surface area contributed by atoms with Gasteiger partial charge in [0.2, 0.25) is 0 Å². The van der Waals surface area contributed by atoms with Crippen molar-refractivity contribution < 1.29 is 9.53 Å². The Kier molecular flexibility index (Phi) is 4.93. The van der Waals surface area contributed by atoms with Gasteiger partial charge >= 0.3 is 6.03 Å². The van der Waals surface area contributed by atoms with Gasteiger partial charge < -0.3 is 15.0 Å². The number of rotatable bonds is 6. The van der Waals surface area contributed by atoms with Crippen LogP contribution in [0.5, 0.6) is 0 Å². The second-order valence-corrected chi connectivity index (χ2v) is 8.50. The van der Waals surface area contributed by atoms with E-state index in [0.29, 0.717) is 12.5 Å². The second kappa shape index (κ2) is 7.20. The summed E-state index contributed by atoms with van der Waals surface area (Å²) in [5.74, 6) is 1.09. The molecular weight excluding hydrogens is 326 g/mol. The Hall–Kier alpha value is -1.59. The summed E-state index contributed by atoms with van der Waals surface area (Å²) in [5, 5.41) is 3.20. The zero-order chi connectivity index (χ0) is 18.1. The Labute approximate surface area is 156 Å². The smallest absolute Gasteiger partial charge is 0.317 e. The molecule has 0 aromatic heterocycles. The van der Waals surface area contributed by atoms with E-state index in [2.05, 4.69) is 52.4 Å². The van der Waals surface area contributed by atoms with Crippen molar-refractivity contribution in [1.29, 1.82) is 0 Å². The van der Waals surface area contributed by atoms with Crippen molar-refractivity contribution in [3.63, 3.8) is 0 Å². The molecule has 5 heteroatoms. The molecule has 26 heavy (non-hydrogen) atoms. The van der Waals surface area contributed by atoms with Crippen LogP contribution >= 0.6 is 0 Å². The predicted molar refractivity (Wildman–Crippen MR) is 102 cm³/mol. The third-order valence-corrected chi connectivity index (χ3v) is 6.40. The molecule has 1 N–H and O–H groups in total. The normalized spacial score (nSPS) is 33.3. The fourth-order valence-electron chi connectivity index (χ4n) is 5.15. The molecule has 5 rings (SSSR count). The molecule has 1 aromatic rings. The van der Waals surface area contributed by atoms with Crippen LogP contribution in [-0.2, 0) is 11.3 Å². The summed E-state index contributed by atoms with van der Waals surface area (Å²) < 4.78 is 5.98. The minimum atomic E-state index is 0.114. The van der Waals surface area contributed by atoms with Gasteiger partial charge in [-0.2, -0.15) is 0 Å². The van der Waals surface area contributed by atoms with Crippen LogP contribution in [0.15, 0.2) is 30.3 Å². The van der Waals surface area contributed by atoms with Gasteiger partial charge in [0.25, 0.3) is 0 Å². The van der Waals surface area contributed by atoms with Crippen molar-refractivity contribution in [3.8, 4) is 0 Å². The summed E-state index contributed by atoms with van der Waals surface area (Å²) in [6.45, 7) is 9.48. The highest BCUT2D eigenvalue weighted by Crippen LogP contribution is 2.49. The number of hydrogen-bond donors (Lipinski definition) is 1. The van der Waals surface area contributed by atoms with Crippen LogP contribution in [-0.4, -0.2) is 60.3 Å². The largest absolute Gasteiger partial charge is 0.377 e. The van der Waals surface area contributed by atoms with Crippen LogP contribution in [0.2, 0.25) is 0 Å². The van der Waals surface area contributed by atoms with Gasteiger partial charge in [0.05, 0.1) is 6.10 Å². The van der Waals surface area contributed by atoms with Crippen LogP contribution in [0.3, 0.4) is 0 Å². The molecule has 5 nitrogen and oxygen atoms in total. The van der Waals surface area contributed by atoms with Crippen molar-refractivity contribution >= 4 is 6.03 Å². The van der Waals surface area contributed by atoms with E-state index in [0.717, 1.165) is 38.7 Å². The second-order valence-electron chi connectivity index (χ2n) is 8.50. The van der Waals surface area contributed by atoms with Crippen LogP contribution in [0.25, 0.3) is 0 Å². The third kappa shape index (κ3) is 3.47. The van der Waals surface area contributed by atoms with E-state index in [4.69, 9.17) is 4.74 Å². The maximum Gasteiger partial charge on any atom is 0.317 e. The summed E-state index contributed by atoms with van der Waals surface area (Å²) in [6.07, 6.45) is 2.55. The molecule has 0 radical (unpaired) electrons. The molecule has 2 bridgehead atoms. The number of likely N-dealkylation sites (tertiary alicyclic amines) is 1. The van der Waals surface area contributed by atoms with Crippen molar-refractivity contribution in [3.05, 3.63) is 35.9 Å². The maximum atomic E-state index is 12.6. The summed E-state index contributed by atoms with van der Waals surface area (Å²) in [5.41, 5.74) is 1.44. The zero-order valence-corrected chi connectivity index (χ0v) is 16.0. The summed E-state index contributed by atoms with van der Waals surface area (Å²) in [7, 11) is 0. The summed E-state index contributed by atoms with van der Waals surface area (Å²) >= 11 is 0. The summed E-state index contributed by atoms with van der Waals surface area (Å²) in [4.78, 5) is 17.1. The Bertz CT molecular complexity index is 629. The number of nitrogens with one attached hydrogen (secondary N) is 1. The Balaban J connectivity index is 1.31. The lowest BCUT2D eigenvalue weighted by molar-refractivity contribution is 0.0426. The molecule has 3 aliphatic heterocycles. The van der Waals surface area contributed by atoms with Crippen LogP contribution in [0.1, 0.15) is 32.3 Å². The van der Waals surface area contributed by atoms with E-state index >= 15 is 0 Å². The molecule has 3 saturated heterocycles. The SMILES string of the molecule is CCO[C@@H]1CN(Cc2ccccc2)C[C@H]1CNC(=O)N1CC2CC1(C)C2. The van der Waals surface area contributed by atoms with Crippen molar-refractivity contribution in [2.75, 3.05) is 32.8 Å². The monoisotopic (exact) mass is 357 g/mol. The number of urea groups is 1. The molecule has 0 spiro atoms. The standard InChI is InChI=1S/C21H31N3O2/c1-3-26-19-15-23(12-16-7-5-4-6-8-16)14-18(19)11-22-20(25)24-13-17-9-21(24,2)10-17/h4-8,17-19H,3,9-15H2,1-2H3,(H,22,25)/t17?,18-,19-,21?/m1/s1. The lowest BCUT2D eigenvalue weighted by atomic mass is 9.75. The van der Waals surface area contributed by atoms with E-state index in [-0.39, 0.29) is 17.7 Å². The zero-order valence-electron chi connectivity index (χ0n) is 16.0. The van der Waals surface area contributed by atoms with Crippen molar-refractivity contribution in [2.45, 2.75) is 44.9 Å². The van der Waals surface area contributed by atoms with Gasteiger partial charge in [0.15, 0.2) is 0 Å². The average Bonchev–Trinajstić information content (AvgIpc) is 3.24. The first-order valence-electron chi connectivity index (χ1n) is 10.0. The molecule has 1 saturated carbocycles. The first-order chi connectivity index (χ1) is 12.6. The minimum absolute atomic E-state index is 0.114. The third-order valence-electron chi connectivity index (χ3n) is 6.40. The van der Waals surface area contributed by atoms with Gasteiger partial charge in [-0.25, -0.2) is 4.79 Å². The van der Waals surface area contributed by atoms with Crippen molar-refractivity contribution in [1.82, 2.24) is 15.1 Å². The number of hydrogen-bond acceptors (Lipinski definition) is 3. The molecule has 1 aromatic carbocycles. The van der Waals surface area contributed by atoms with Crippen LogP contribution < -0.4 is 5.32 Å². The first kappa shape index (κ1) is 17.8. The topological polar surface area (TPSA) is 44.8 Å². The molecule has 4 aliphatic rings. The molecule has 142 valence electrons. The lowest BCUT2D eigenvalue weighted by Gasteiger charge is -2.38. The quantitative estimate of drug-likeness (QED) is 0.851. The number of carbonyl (C=O) groups is 1. The number of fused-ring (bicyclic) bond motifs is 1. The van der Waals surface area contributed by atoms with E-state index in [1.165, 1.54) is 18.4 Å². The fourth-order valence-corrected chi connectivity index (χ4v) is 5.15. The highest BCUT2D eigenvalue weighted by molar-refractivity contribution is 5.76. The van der Waals surface area contributed by atoms with E-state index < -0.39 is 0 Å². The summed E-state index contributed by atoms with van der Waals surface area (Å²) in [6, 6.07) is 10.7. The number of carbonyl (C=O) groups excluding carboxylic acids is 1. The molecule has 2 atom stereocenters. The van der Waals surface area contributed by atoms with Gasteiger partial charge in [0, 0.05) is 50.8 Å². The van der Waals surface area contributed by atoms with Crippen LogP contribution in [0.4, 0.5) is 4.79 Å². The minimum Gasteiger partial charge on any atom is -0.377 e. The van der Waals surface area contributed by atoms with Crippen LogP contribution in [0, 0.1) is 11.8 Å². The molecule has 0 unspecified atom stereocenters. The number of ether oxygens (including phenoxy) is 1.